The molecule has 1 heterocycles. The molecule has 2 fully saturated rings. The van der Waals surface area contributed by atoms with Crippen LogP contribution in [0.3, 0.4) is 0 Å². The maximum absolute atomic E-state index is 12.5. The molecule has 3 rings (SSSR count). The minimum atomic E-state index is -3.12. The van der Waals surface area contributed by atoms with Crippen LogP contribution in [0.25, 0.3) is 0 Å². The number of ether oxygens (including phenoxy) is 1. The number of hydrogen-bond donors (Lipinski definition) is 0. The summed E-state index contributed by atoms with van der Waals surface area (Å²) >= 11 is 0. The van der Waals surface area contributed by atoms with Gasteiger partial charge >= 0.3 is 0 Å². The Morgan fingerprint density at radius 2 is 1.90 bits per heavy atom. The van der Waals surface area contributed by atoms with Crippen molar-refractivity contribution >= 4 is 10.0 Å². The lowest BCUT2D eigenvalue weighted by Crippen LogP contribution is -2.43. The molecule has 1 aliphatic heterocycles. The van der Waals surface area contributed by atoms with Crippen molar-refractivity contribution in [2.75, 3.05) is 13.7 Å². The summed E-state index contributed by atoms with van der Waals surface area (Å²) in [5.41, 5.74) is 1.16. The summed E-state index contributed by atoms with van der Waals surface area (Å²) in [5.74, 6) is 0. The standard InChI is InChI=1S/C15H21NO3S/c1-19-15-9-10-16(20(17,18)13-7-8-13)14(15)11-12-5-3-2-4-6-12/h2-6,13-15H,7-11H2,1H3/t14-,15+/m0/s1. The molecule has 1 aromatic rings. The maximum Gasteiger partial charge on any atom is 0.217 e. The molecule has 0 N–H and O–H groups in total. The summed E-state index contributed by atoms with van der Waals surface area (Å²) in [4.78, 5) is 0. The van der Waals surface area contributed by atoms with E-state index in [4.69, 9.17) is 4.74 Å². The number of nitrogens with zero attached hydrogens (tertiary/aromatic N) is 1. The van der Waals surface area contributed by atoms with Gasteiger partial charge in [-0.3, -0.25) is 0 Å². The normalized spacial score (nSPS) is 27.9. The molecule has 2 aliphatic rings. The monoisotopic (exact) mass is 295 g/mol. The highest BCUT2D eigenvalue weighted by Crippen LogP contribution is 2.36. The fraction of sp³-hybridized carbons (Fsp3) is 0.600. The Labute approximate surface area is 120 Å². The predicted molar refractivity (Wildman–Crippen MR) is 78.0 cm³/mol. The van der Waals surface area contributed by atoms with Gasteiger partial charge in [-0.2, -0.15) is 4.31 Å². The molecular weight excluding hydrogens is 274 g/mol. The third kappa shape index (κ3) is 2.62. The van der Waals surface area contributed by atoms with Crippen LogP contribution in [0.1, 0.15) is 24.8 Å². The van der Waals surface area contributed by atoms with Gasteiger partial charge in [0.2, 0.25) is 10.0 Å². The summed E-state index contributed by atoms with van der Waals surface area (Å²) in [6.45, 7) is 0.592. The average Bonchev–Trinajstić information content (AvgIpc) is 3.23. The second-order valence-electron chi connectivity index (χ2n) is 5.67. The Morgan fingerprint density at radius 1 is 1.20 bits per heavy atom. The van der Waals surface area contributed by atoms with E-state index in [0.717, 1.165) is 31.2 Å². The molecule has 0 aromatic heterocycles. The SMILES string of the molecule is CO[C@@H]1CCN(S(=O)(=O)C2CC2)[C@H]1Cc1ccccc1. The molecule has 0 amide bonds. The van der Waals surface area contributed by atoms with Gasteiger partial charge in [0.1, 0.15) is 0 Å². The van der Waals surface area contributed by atoms with Crippen LogP contribution < -0.4 is 0 Å². The number of hydrogen-bond acceptors (Lipinski definition) is 3. The smallest absolute Gasteiger partial charge is 0.217 e. The molecule has 1 saturated carbocycles. The zero-order chi connectivity index (χ0) is 14.2. The second-order valence-corrected chi connectivity index (χ2v) is 7.84. The van der Waals surface area contributed by atoms with E-state index in [-0.39, 0.29) is 17.4 Å². The van der Waals surface area contributed by atoms with E-state index in [0.29, 0.717) is 6.54 Å². The lowest BCUT2D eigenvalue weighted by atomic mass is 10.0. The van der Waals surface area contributed by atoms with Crippen LogP contribution in [0.2, 0.25) is 0 Å². The van der Waals surface area contributed by atoms with Crippen molar-refractivity contribution in [3.05, 3.63) is 35.9 Å². The van der Waals surface area contributed by atoms with Crippen molar-refractivity contribution in [2.45, 2.75) is 43.1 Å². The summed E-state index contributed by atoms with van der Waals surface area (Å²) in [6, 6.07) is 10.00. The Kier molecular flexibility index (Phi) is 3.84. The van der Waals surface area contributed by atoms with Gasteiger partial charge in [0, 0.05) is 13.7 Å². The van der Waals surface area contributed by atoms with Gasteiger partial charge in [-0.1, -0.05) is 30.3 Å². The molecule has 1 saturated heterocycles. The molecule has 1 aromatic carbocycles. The van der Waals surface area contributed by atoms with Gasteiger partial charge in [-0.05, 0) is 31.2 Å². The molecule has 5 heteroatoms. The van der Waals surface area contributed by atoms with E-state index < -0.39 is 10.0 Å². The van der Waals surface area contributed by atoms with E-state index in [1.807, 2.05) is 30.3 Å². The van der Waals surface area contributed by atoms with Crippen LogP contribution in [0.4, 0.5) is 0 Å². The quantitative estimate of drug-likeness (QED) is 0.832. The first-order valence-corrected chi connectivity index (χ1v) is 8.70. The van der Waals surface area contributed by atoms with Crippen LogP contribution in [-0.2, 0) is 21.2 Å². The molecule has 0 radical (unpaired) electrons. The van der Waals surface area contributed by atoms with Crippen LogP contribution in [0.5, 0.6) is 0 Å². The van der Waals surface area contributed by atoms with E-state index in [1.165, 1.54) is 0 Å². The lowest BCUT2D eigenvalue weighted by Gasteiger charge is -2.27. The molecule has 2 atom stereocenters. The zero-order valence-corrected chi connectivity index (χ0v) is 12.6. The third-order valence-electron chi connectivity index (χ3n) is 4.30. The van der Waals surface area contributed by atoms with E-state index in [9.17, 15) is 8.42 Å². The van der Waals surface area contributed by atoms with Crippen LogP contribution in [0, 0.1) is 0 Å². The van der Waals surface area contributed by atoms with Crippen molar-refractivity contribution in [1.82, 2.24) is 4.31 Å². The number of methoxy groups -OCH3 is 1. The first-order chi connectivity index (χ1) is 9.63. The second kappa shape index (κ2) is 5.47. The molecular formula is C15H21NO3S. The summed E-state index contributed by atoms with van der Waals surface area (Å²) in [7, 11) is -1.45. The first kappa shape index (κ1) is 14.0. The van der Waals surface area contributed by atoms with Crippen LogP contribution in [0.15, 0.2) is 30.3 Å². The molecule has 110 valence electrons. The maximum atomic E-state index is 12.5. The lowest BCUT2D eigenvalue weighted by molar-refractivity contribution is 0.0809. The van der Waals surface area contributed by atoms with Crippen LogP contribution >= 0.6 is 0 Å². The Balaban J connectivity index is 1.83. The Hall–Kier alpha value is -0.910. The van der Waals surface area contributed by atoms with E-state index >= 15 is 0 Å². The minimum Gasteiger partial charge on any atom is -0.380 e. The average molecular weight is 295 g/mol. The molecule has 1 aliphatic carbocycles. The highest BCUT2D eigenvalue weighted by atomic mass is 32.2. The highest BCUT2D eigenvalue weighted by molar-refractivity contribution is 7.90. The van der Waals surface area contributed by atoms with Crippen LogP contribution in [-0.4, -0.2) is 43.8 Å². The van der Waals surface area contributed by atoms with Crippen molar-refractivity contribution < 1.29 is 13.2 Å². The third-order valence-corrected chi connectivity index (χ3v) is 6.72. The molecule has 0 unspecified atom stereocenters. The minimum absolute atomic E-state index is 0.00345. The van der Waals surface area contributed by atoms with Gasteiger partial charge in [0.15, 0.2) is 0 Å². The fourth-order valence-corrected chi connectivity index (χ4v) is 5.10. The summed E-state index contributed by atoms with van der Waals surface area (Å²) < 4.78 is 32.3. The number of sulfonamides is 1. The number of rotatable bonds is 5. The summed E-state index contributed by atoms with van der Waals surface area (Å²) in [6.07, 6.45) is 3.15. The topological polar surface area (TPSA) is 46.6 Å². The first-order valence-electron chi connectivity index (χ1n) is 7.20. The van der Waals surface area contributed by atoms with Gasteiger partial charge < -0.3 is 4.74 Å². The largest absolute Gasteiger partial charge is 0.380 e. The summed E-state index contributed by atoms with van der Waals surface area (Å²) in [5, 5.41) is -0.142. The van der Waals surface area contributed by atoms with Crippen molar-refractivity contribution in [3.8, 4) is 0 Å². The molecule has 20 heavy (non-hydrogen) atoms. The predicted octanol–water partition coefficient (Wildman–Crippen LogP) is 1.81. The van der Waals surface area contributed by atoms with E-state index in [1.54, 1.807) is 11.4 Å². The van der Waals surface area contributed by atoms with Gasteiger partial charge in [-0.15, -0.1) is 0 Å². The molecule has 0 spiro atoms. The Morgan fingerprint density at radius 3 is 2.50 bits per heavy atom. The molecule has 0 bridgehead atoms. The van der Waals surface area contributed by atoms with E-state index in [2.05, 4.69) is 0 Å². The van der Waals surface area contributed by atoms with Gasteiger partial charge in [-0.25, -0.2) is 8.42 Å². The zero-order valence-electron chi connectivity index (χ0n) is 11.7. The van der Waals surface area contributed by atoms with Crippen molar-refractivity contribution in [2.24, 2.45) is 0 Å². The number of benzene rings is 1. The Bertz CT molecular complexity index is 554. The fourth-order valence-electron chi connectivity index (χ4n) is 3.04. The molecule has 4 nitrogen and oxygen atoms in total. The van der Waals surface area contributed by atoms with Crippen molar-refractivity contribution in [1.29, 1.82) is 0 Å². The van der Waals surface area contributed by atoms with Gasteiger partial charge in [0.05, 0.1) is 17.4 Å². The van der Waals surface area contributed by atoms with Crippen molar-refractivity contribution in [3.63, 3.8) is 0 Å². The highest BCUT2D eigenvalue weighted by Gasteiger charge is 2.47. The van der Waals surface area contributed by atoms with Gasteiger partial charge in [0.25, 0.3) is 0 Å².